The SMILES string of the molecule is CN=C(NCCc1csc(N2CCCC2)n1)NC(C)c1cc2ccccc2o1.I. The third-order valence-corrected chi connectivity index (χ3v) is 5.99. The molecule has 0 amide bonds. The molecule has 6 nitrogen and oxygen atoms in total. The smallest absolute Gasteiger partial charge is 0.191 e. The average molecular weight is 525 g/mol. The van der Waals surface area contributed by atoms with E-state index in [0.717, 1.165) is 59.6 Å². The van der Waals surface area contributed by atoms with Gasteiger partial charge in [0.25, 0.3) is 0 Å². The van der Waals surface area contributed by atoms with Gasteiger partial charge in [-0.1, -0.05) is 18.2 Å². The van der Waals surface area contributed by atoms with Crippen molar-refractivity contribution in [1.29, 1.82) is 0 Å². The molecule has 0 bridgehead atoms. The van der Waals surface area contributed by atoms with E-state index >= 15 is 0 Å². The van der Waals surface area contributed by atoms with E-state index in [1.165, 1.54) is 12.8 Å². The zero-order valence-electron chi connectivity index (χ0n) is 16.9. The van der Waals surface area contributed by atoms with E-state index in [1.807, 2.05) is 18.2 Å². The number of para-hydroxylation sites is 1. The first-order valence-corrected chi connectivity index (χ1v) is 10.8. The Balaban J connectivity index is 0.00000240. The number of anilines is 1. The third-order valence-electron chi connectivity index (χ3n) is 5.04. The first kappa shape index (κ1) is 21.9. The van der Waals surface area contributed by atoms with Crippen LogP contribution >= 0.6 is 35.3 Å². The molecule has 1 atom stereocenters. The molecule has 0 radical (unpaired) electrons. The molecule has 1 saturated heterocycles. The zero-order valence-corrected chi connectivity index (χ0v) is 20.0. The predicted octanol–water partition coefficient (Wildman–Crippen LogP) is 4.58. The normalized spacial score (nSPS) is 15.4. The van der Waals surface area contributed by atoms with Crippen molar-refractivity contribution >= 4 is 57.4 Å². The van der Waals surface area contributed by atoms with Gasteiger partial charge in [-0.2, -0.15) is 0 Å². The Hall–Kier alpha value is -1.81. The van der Waals surface area contributed by atoms with E-state index in [9.17, 15) is 0 Å². The number of furan rings is 1. The number of hydrogen-bond donors (Lipinski definition) is 2. The number of fused-ring (bicyclic) bond motifs is 1. The highest BCUT2D eigenvalue weighted by Gasteiger charge is 2.16. The summed E-state index contributed by atoms with van der Waals surface area (Å²) in [5, 5.41) is 11.2. The van der Waals surface area contributed by atoms with Crippen molar-refractivity contribution in [2.24, 2.45) is 4.99 Å². The number of guanidine groups is 1. The Morgan fingerprint density at radius 2 is 2.10 bits per heavy atom. The number of halogens is 1. The minimum absolute atomic E-state index is 0. The lowest BCUT2D eigenvalue weighted by atomic mass is 10.2. The average Bonchev–Trinajstić information content (AvgIpc) is 3.46. The van der Waals surface area contributed by atoms with Crippen LogP contribution in [0.1, 0.15) is 37.3 Å². The van der Waals surface area contributed by atoms with Crippen LogP contribution in [0.25, 0.3) is 11.0 Å². The summed E-state index contributed by atoms with van der Waals surface area (Å²) in [5.74, 6) is 1.67. The van der Waals surface area contributed by atoms with E-state index < -0.39 is 0 Å². The van der Waals surface area contributed by atoms with Gasteiger partial charge in [-0.15, -0.1) is 35.3 Å². The Morgan fingerprint density at radius 3 is 2.86 bits per heavy atom. The summed E-state index contributed by atoms with van der Waals surface area (Å²) in [5.41, 5.74) is 2.05. The molecule has 4 rings (SSSR count). The first-order valence-electron chi connectivity index (χ1n) is 9.88. The second-order valence-electron chi connectivity index (χ2n) is 7.12. The molecule has 8 heteroatoms. The summed E-state index contributed by atoms with van der Waals surface area (Å²) in [4.78, 5) is 11.5. The van der Waals surface area contributed by atoms with Crippen LogP contribution in [0.5, 0.6) is 0 Å². The third kappa shape index (κ3) is 5.42. The van der Waals surface area contributed by atoms with Gasteiger partial charge in [-0.25, -0.2) is 4.98 Å². The summed E-state index contributed by atoms with van der Waals surface area (Å²) >= 11 is 1.75. The van der Waals surface area contributed by atoms with Gasteiger partial charge in [0.1, 0.15) is 11.3 Å². The topological polar surface area (TPSA) is 65.7 Å². The van der Waals surface area contributed by atoms with Crippen LogP contribution in [-0.4, -0.2) is 37.6 Å². The Kier molecular flexibility index (Phi) is 7.77. The number of nitrogens with zero attached hydrogens (tertiary/aromatic N) is 3. The summed E-state index contributed by atoms with van der Waals surface area (Å²) < 4.78 is 5.94. The van der Waals surface area contributed by atoms with E-state index in [2.05, 4.69) is 45.0 Å². The van der Waals surface area contributed by atoms with Crippen LogP contribution < -0.4 is 15.5 Å². The molecule has 1 aromatic carbocycles. The summed E-state index contributed by atoms with van der Waals surface area (Å²) in [7, 11) is 1.79. The highest BCUT2D eigenvalue weighted by atomic mass is 127. The quantitative estimate of drug-likeness (QED) is 0.280. The number of benzene rings is 1. The molecule has 1 aliphatic rings. The molecular formula is C21H28IN5OS. The highest BCUT2D eigenvalue weighted by Crippen LogP contribution is 2.25. The van der Waals surface area contributed by atoms with Gasteiger partial charge in [0.05, 0.1) is 11.7 Å². The molecule has 1 fully saturated rings. The van der Waals surface area contributed by atoms with Crippen LogP contribution in [0.2, 0.25) is 0 Å². The van der Waals surface area contributed by atoms with Crippen LogP contribution in [0, 0.1) is 0 Å². The van der Waals surface area contributed by atoms with Crippen LogP contribution in [0.15, 0.2) is 45.1 Å². The second-order valence-corrected chi connectivity index (χ2v) is 7.95. The Labute approximate surface area is 192 Å². The lowest BCUT2D eigenvalue weighted by Gasteiger charge is -2.16. The first-order chi connectivity index (χ1) is 13.7. The minimum atomic E-state index is 0. The van der Waals surface area contributed by atoms with Gasteiger partial charge < -0.3 is 20.0 Å². The van der Waals surface area contributed by atoms with Gasteiger partial charge in [-0.05, 0) is 31.9 Å². The summed E-state index contributed by atoms with van der Waals surface area (Å²) in [6.45, 7) is 5.14. The molecule has 2 N–H and O–H groups in total. The molecule has 2 aromatic heterocycles. The second kappa shape index (κ2) is 10.3. The van der Waals surface area contributed by atoms with Crippen molar-refractivity contribution in [3.8, 4) is 0 Å². The van der Waals surface area contributed by atoms with E-state index in [-0.39, 0.29) is 30.0 Å². The number of nitrogens with one attached hydrogen (secondary N) is 2. The molecule has 3 aromatic rings. The van der Waals surface area contributed by atoms with Crippen molar-refractivity contribution < 1.29 is 4.42 Å². The minimum Gasteiger partial charge on any atom is -0.459 e. The van der Waals surface area contributed by atoms with Crippen LogP contribution in [0.3, 0.4) is 0 Å². The van der Waals surface area contributed by atoms with Crippen molar-refractivity contribution in [3.05, 3.63) is 47.2 Å². The van der Waals surface area contributed by atoms with Crippen LogP contribution in [0.4, 0.5) is 5.13 Å². The van der Waals surface area contributed by atoms with Crippen molar-refractivity contribution in [1.82, 2.24) is 15.6 Å². The molecule has 156 valence electrons. The fourth-order valence-electron chi connectivity index (χ4n) is 3.46. The number of rotatable bonds is 6. The van der Waals surface area contributed by atoms with Crippen molar-refractivity contribution in [3.63, 3.8) is 0 Å². The zero-order chi connectivity index (χ0) is 19.3. The Bertz CT molecular complexity index is 914. The predicted molar refractivity (Wildman–Crippen MR) is 132 cm³/mol. The maximum Gasteiger partial charge on any atom is 0.191 e. The van der Waals surface area contributed by atoms with E-state index in [1.54, 1.807) is 18.4 Å². The Morgan fingerprint density at radius 1 is 1.31 bits per heavy atom. The van der Waals surface area contributed by atoms with E-state index in [4.69, 9.17) is 9.40 Å². The molecule has 0 aliphatic carbocycles. The van der Waals surface area contributed by atoms with Crippen LogP contribution in [-0.2, 0) is 6.42 Å². The fraction of sp³-hybridized carbons (Fsp3) is 0.429. The maximum absolute atomic E-state index is 5.94. The molecular weight excluding hydrogens is 497 g/mol. The molecule has 0 spiro atoms. The monoisotopic (exact) mass is 525 g/mol. The molecule has 3 heterocycles. The lowest BCUT2D eigenvalue weighted by molar-refractivity contribution is 0.488. The van der Waals surface area contributed by atoms with Crippen molar-refractivity contribution in [2.45, 2.75) is 32.2 Å². The highest BCUT2D eigenvalue weighted by molar-refractivity contribution is 14.0. The van der Waals surface area contributed by atoms with Gasteiger partial charge in [0.15, 0.2) is 11.1 Å². The molecule has 1 aliphatic heterocycles. The summed E-state index contributed by atoms with van der Waals surface area (Å²) in [6.07, 6.45) is 3.44. The lowest BCUT2D eigenvalue weighted by Crippen LogP contribution is -2.39. The van der Waals surface area contributed by atoms with Gasteiger partial charge in [-0.3, -0.25) is 4.99 Å². The van der Waals surface area contributed by atoms with Crippen molar-refractivity contribution in [2.75, 3.05) is 31.6 Å². The maximum atomic E-state index is 5.94. The molecule has 1 unspecified atom stereocenters. The van der Waals surface area contributed by atoms with Gasteiger partial charge >= 0.3 is 0 Å². The van der Waals surface area contributed by atoms with Gasteiger partial charge in [0.2, 0.25) is 0 Å². The fourth-order valence-corrected chi connectivity index (χ4v) is 4.37. The molecule has 29 heavy (non-hydrogen) atoms. The number of aromatic nitrogens is 1. The number of aliphatic imine (C=N–C) groups is 1. The van der Waals surface area contributed by atoms with Gasteiger partial charge in [0, 0.05) is 43.9 Å². The van der Waals surface area contributed by atoms with E-state index in [0.29, 0.717) is 0 Å². The summed E-state index contributed by atoms with van der Waals surface area (Å²) in [6, 6.07) is 10.2. The standard InChI is InChI=1S/C21H27N5OS.HI/c1-15(19-13-16-7-3-4-8-18(16)27-19)24-20(22-2)23-10-9-17-14-28-21(25-17)26-11-5-6-12-26;/h3-4,7-8,13-15H,5-6,9-12H2,1-2H3,(H2,22,23,24);1H. The molecule has 0 saturated carbocycles. The largest absolute Gasteiger partial charge is 0.459 e. The number of hydrogen-bond acceptors (Lipinski definition) is 5. The number of thiazole rings is 1.